The summed E-state index contributed by atoms with van der Waals surface area (Å²) in [6, 6.07) is 3.62. The summed E-state index contributed by atoms with van der Waals surface area (Å²) < 4.78 is 53.4. The van der Waals surface area contributed by atoms with E-state index in [0.717, 1.165) is 6.42 Å². The molecule has 1 atom stereocenters. The van der Waals surface area contributed by atoms with Gasteiger partial charge in [0.15, 0.2) is 0 Å². The van der Waals surface area contributed by atoms with Crippen LogP contribution in [0.4, 0.5) is 8.78 Å². The van der Waals surface area contributed by atoms with Gasteiger partial charge < -0.3 is 0 Å². The zero-order valence-electron chi connectivity index (χ0n) is 12.5. The molecular formula is C14H16F2N4O2S. The number of benzene rings is 1. The van der Waals surface area contributed by atoms with Crippen molar-refractivity contribution in [1.29, 1.82) is 0 Å². The van der Waals surface area contributed by atoms with Gasteiger partial charge in [-0.3, -0.25) is 4.68 Å². The fourth-order valence-corrected chi connectivity index (χ4v) is 3.68. The Kier molecular flexibility index (Phi) is 4.15. The number of rotatable bonds is 4. The first-order valence-electron chi connectivity index (χ1n) is 7.14. The molecular weight excluding hydrogens is 326 g/mol. The molecule has 0 spiro atoms. The molecule has 6 nitrogen and oxygen atoms in total. The number of halogens is 2. The van der Waals surface area contributed by atoms with Gasteiger partial charge in [-0.15, -0.1) is 5.10 Å². The summed E-state index contributed by atoms with van der Waals surface area (Å²) in [6.45, 7) is 1.35. The molecule has 1 aromatic carbocycles. The van der Waals surface area contributed by atoms with Gasteiger partial charge in [0.25, 0.3) is 0 Å². The van der Waals surface area contributed by atoms with Gasteiger partial charge in [0.05, 0.1) is 18.0 Å². The number of sulfonamides is 1. The zero-order chi connectivity index (χ0) is 16.6. The third kappa shape index (κ3) is 3.40. The monoisotopic (exact) mass is 342 g/mol. The fraction of sp³-hybridized carbons (Fsp3) is 0.429. The molecule has 3 rings (SSSR count). The van der Waals surface area contributed by atoms with E-state index in [1.54, 1.807) is 0 Å². The third-order valence-corrected chi connectivity index (χ3v) is 5.19. The molecule has 1 unspecified atom stereocenters. The summed E-state index contributed by atoms with van der Waals surface area (Å²) in [6.07, 6.45) is 3.38. The Morgan fingerprint density at radius 1 is 1.30 bits per heavy atom. The maximum absolute atomic E-state index is 13.7. The first-order chi connectivity index (χ1) is 10.8. The topological polar surface area (TPSA) is 68.1 Å². The van der Waals surface area contributed by atoms with Gasteiger partial charge in [-0.1, -0.05) is 11.3 Å². The molecule has 2 heterocycles. The highest BCUT2D eigenvalue weighted by Crippen LogP contribution is 2.25. The Labute approximate surface area is 132 Å². The molecule has 0 saturated carbocycles. The highest BCUT2D eigenvalue weighted by molar-refractivity contribution is 7.88. The van der Waals surface area contributed by atoms with E-state index < -0.39 is 21.7 Å². The van der Waals surface area contributed by atoms with Crippen molar-refractivity contribution < 1.29 is 17.2 Å². The predicted octanol–water partition coefficient (Wildman–Crippen LogP) is 1.50. The molecule has 0 N–H and O–H groups in total. The normalized spacial score (nSPS) is 19.3. The fourth-order valence-electron chi connectivity index (χ4n) is 2.76. The van der Waals surface area contributed by atoms with Gasteiger partial charge in [0.2, 0.25) is 10.0 Å². The van der Waals surface area contributed by atoms with E-state index in [2.05, 4.69) is 10.3 Å². The molecule has 1 saturated heterocycles. The smallest absolute Gasteiger partial charge is 0.211 e. The zero-order valence-corrected chi connectivity index (χ0v) is 13.3. The Bertz CT molecular complexity index is 802. The van der Waals surface area contributed by atoms with Crippen LogP contribution in [0.15, 0.2) is 24.4 Å². The minimum atomic E-state index is -3.19. The lowest BCUT2D eigenvalue weighted by Crippen LogP contribution is -2.28. The minimum Gasteiger partial charge on any atom is -0.252 e. The molecule has 2 aromatic rings. The molecule has 0 amide bonds. The van der Waals surface area contributed by atoms with Crippen LogP contribution >= 0.6 is 0 Å². The van der Waals surface area contributed by atoms with Crippen LogP contribution in [0.5, 0.6) is 0 Å². The van der Waals surface area contributed by atoms with Gasteiger partial charge in [-0.25, -0.2) is 21.5 Å². The van der Waals surface area contributed by atoms with Crippen molar-refractivity contribution in [3.05, 3.63) is 36.0 Å². The highest BCUT2D eigenvalue weighted by atomic mass is 32.2. The van der Waals surface area contributed by atoms with Gasteiger partial charge in [-0.2, -0.15) is 0 Å². The SMILES string of the molecule is CS(=O)(=O)N1CCC(Cn2cc(-c3c(F)cccc3F)nn2)C1. The molecule has 23 heavy (non-hydrogen) atoms. The van der Waals surface area contributed by atoms with Crippen molar-refractivity contribution in [3.63, 3.8) is 0 Å². The predicted molar refractivity (Wildman–Crippen MR) is 79.9 cm³/mol. The van der Waals surface area contributed by atoms with E-state index in [1.807, 2.05) is 0 Å². The van der Waals surface area contributed by atoms with Crippen LogP contribution in [-0.4, -0.2) is 47.1 Å². The maximum atomic E-state index is 13.7. The Balaban J connectivity index is 1.74. The van der Waals surface area contributed by atoms with E-state index >= 15 is 0 Å². The van der Waals surface area contributed by atoms with E-state index in [1.165, 1.54) is 39.6 Å². The summed E-state index contributed by atoms with van der Waals surface area (Å²) >= 11 is 0. The van der Waals surface area contributed by atoms with Crippen LogP contribution in [0.3, 0.4) is 0 Å². The Morgan fingerprint density at radius 3 is 2.61 bits per heavy atom. The largest absolute Gasteiger partial charge is 0.252 e. The molecule has 1 aromatic heterocycles. The minimum absolute atomic E-state index is 0.102. The second-order valence-corrected chi connectivity index (χ2v) is 7.68. The lowest BCUT2D eigenvalue weighted by Gasteiger charge is -2.12. The van der Waals surface area contributed by atoms with Crippen molar-refractivity contribution >= 4 is 10.0 Å². The molecule has 0 radical (unpaired) electrons. The van der Waals surface area contributed by atoms with Crippen molar-refractivity contribution in [2.24, 2.45) is 5.92 Å². The lowest BCUT2D eigenvalue weighted by atomic mass is 10.1. The number of nitrogens with zero attached hydrogens (tertiary/aromatic N) is 4. The van der Waals surface area contributed by atoms with Crippen molar-refractivity contribution in [2.75, 3.05) is 19.3 Å². The molecule has 0 aliphatic carbocycles. The standard InChI is InChI=1S/C14H16F2N4O2S/c1-23(21,22)20-6-5-10(8-20)7-19-9-13(17-18-19)14-11(15)3-2-4-12(14)16/h2-4,9-10H,5-8H2,1H3. The first-order valence-corrected chi connectivity index (χ1v) is 8.99. The van der Waals surface area contributed by atoms with Gasteiger partial charge in [-0.05, 0) is 24.5 Å². The maximum Gasteiger partial charge on any atom is 0.211 e. The van der Waals surface area contributed by atoms with Gasteiger partial charge in [0.1, 0.15) is 17.3 Å². The average molecular weight is 342 g/mol. The number of aromatic nitrogens is 3. The number of hydrogen-bond acceptors (Lipinski definition) is 4. The summed E-state index contributed by atoms with van der Waals surface area (Å²) in [5.41, 5.74) is -0.0819. The van der Waals surface area contributed by atoms with Gasteiger partial charge in [0, 0.05) is 19.6 Å². The molecule has 9 heteroatoms. The summed E-state index contributed by atoms with van der Waals surface area (Å²) in [5, 5.41) is 7.71. The molecule has 124 valence electrons. The van der Waals surface area contributed by atoms with E-state index in [9.17, 15) is 17.2 Å². The van der Waals surface area contributed by atoms with E-state index in [0.29, 0.717) is 19.6 Å². The van der Waals surface area contributed by atoms with Crippen LogP contribution in [0, 0.1) is 17.6 Å². The molecule has 1 fully saturated rings. The molecule has 1 aliphatic rings. The van der Waals surface area contributed by atoms with Crippen LogP contribution in [0.1, 0.15) is 6.42 Å². The second kappa shape index (κ2) is 5.97. The summed E-state index contributed by atoms with van der Waals surface area (Å²) in [7, 11) is -3.19. The van der Waals surface area contributed by atoms with Crippen LogP contribution in [-0.2, 0) is 16.6 Å². The number of hydrogen-bond donors (Lipinski definition) is 0. The van der Waals surface area contributed by atoms with Crippen LogP contribution in [0.25, 0.3) is 11.3 Å². The van der Waals surface area contributed by atoms with Crippen LogP contribution < -0.4 is 0 Å². The molecule has 0 bridgehead atoms. The average Bonchev–Trinajstić information content (AvgIpc) is 3.08. The van der Waals surface area contributed by atoms with Crippen molar-refractivity contribution in [3.8, 4) is 11.3 Å². The lowest BCUT2D eigenvalue weighted by molar-refractivity contribution is 0.410. The van der Waals surface area contributed by atoms with Crippen molar-refractivity contribution in [2.45, 2.75) is 13.0 Å². The summed E-state index contributed by atoms with van der Waals surface area (Å²) in [4.78, 5) is 0. The summed E-state index contributed by atoms with van der Waals surface area (Å²) in [5.74, 6) is -1.29. The molecule has 1 aliphatic heterocycles. The van der Waals surface area contributed by atoms with E-state index in [-0.39, 0.29) is 17.2 Å². The van der Waals surface area contributed by atoms with Crippen molar-refractivity contribution in [1.82, 2.24) is 19.3 Å². The second-order valence-electron chi connectivity index (χ2n) is 5.70. The Hall–Kier alpha value is -1.87. The van der Waals surface area contributed by atoms with Crippen LogP contribution in [0.2, 0.25) is 0 Å². The Morgan fingerprint density at radius 2 is 2.00 bits per heavy atom. The first kappa shape index (κ1) is 16.0. The van der Waals surface area contributed by atoms with E-state index in [4.69, 9.17) is 0 Å². The highest BCUT2D eigenvalue weighted by Gasteiger charge is 2.29. The van der Waals surface area contributed by atoms with Gasteiger partial charge >= 0.3 is 0 Å². The third-order valence-electron chi connectivity index (χ3n) is 3.92. The quantitative estimate of drug-likeness (QED) is 0.845.